The van der Waals surface area contributed by atoms with E-state index in [1.165, 1.54) is 36.7 Å². The van der Waals surface area contributed by atoms with Crippen molar-refractivity contribution in [2.45, 2.75) is 58.4 Å². The quantitative estimate of drug-likeness (QED) is 0.228. The maximum Gasteiger partial charge on any atom is 0.433 e. The van der Waals surface area contributed by atoms with Gasteiger partial charge in [0.05, 0.1) is 16.4 Å². The third-order valence-corrected chi connectivity index (χ3v) is 7.43. The van der Waals surface area contributed by atoms with Crippen molar-refractivity contribution in [1.29, 1.82) is 0 Å². The number of alkyl halides is 3. The van der Waals surface area contributed by atoms with E-state index in [4.69, 9.17) is 9.47 Å². The molecule has 0 unspecified atom stereocenters. The first kappa shape index (κ1) is 30.9. The topological polar surface area (TPSA) is 131 Å². The van der Waals surface area contributed by atoms with Gasteiger partial charge in [0.1, 0.15) is 29.0 Å². The molecular weight excluding hydrogens is 599 g/mol. The SMILES string of the molecule is CC(=O)Nc1nc2c(Oc3cc(-c4ccc(C(F)(F)F)nc4NC[C@H]4CCCN4C(=O)OC(C)(C)C)ncn3)cccc2s1. The summed E-state index contributed by atoms with van der Waals surface area (Å²) in [5, 5.41) is 6.08. The Morgan fingerprint density at radius 3 is 2.64 bits per heavy atom. The van der Waals surface area contributed by atoms with Crippen molar-refractivity contribution in [2.24, 2.45) is 0 Å². The highest BCUT2D eigenvalue weighted by Crippen LogP contribution is 2.37. The standard InChI is InChI=1S/C29H30F3N7O4S/c1-16(40)36-26-38-24-20(8-5-9-21(24)44-26)42-23-13-19(34-15-35-23)18-10-11-22(29(30,31)32)37-25(18)33-14-17-7-6-12-39(17)27(41)43-28(2,3)4/h5,8-11,13,15,17H,6-7,12,14H2,1-4H3,(H,33,37)(H,36,38,40)/t17-/m1/s1. The second-order valence-electron chi connectivity index (χ2n) is 11.1. The third kappa shape index (κ3) is 7.33. The number of halogens is 3. The molecule has 1 aliphatic heterocycles. The fourth-order valence-electron chi connectivity index (χ4n) is 4.65. The summed E-state index contributed by atoms with van der Waals surface area (Å²) < 4.78 is 53.2. The van der Waals surface area contributed by atoms with Crippen molar-refractivity contribution in [1.82, 2.24) is 24.8 Å². The summed E-state index contributed by atoms with van der Waals surface area (Å²) >= 11 is 1.28. The van der Waals surface area contributed by atoms with Gasteiger partial charge in [-0.15, -0.1) is 0 Å². The lowest BCUT2D eigenvalue weighted by Gasteiger charge is -2.29. The van der Waals surface area contributed by atoms with Gasteiger partial charge < -0.3 is 25.0 Å². The molecule has 1 aliphatic rings. The van der Waals surface area contributed by atoms with Gasteiger partial charge >= 0.3 is 12.3 Å². The zero-order chi connectivity index (χ0) is 31.6. The Morgan fingerprint density at radius 2 is 1.91 bits per heavy atom. The van der Waals surface area contributed by atoms with Crippen molar-refractivity contribution in [2.75, 3.05) is 23.7 Å². The van der Waals surface area contributed by atoms with Crippen LogP contribution >= 0.6 is 11.3 Å². The largest absolute Gasteiger partial charge is 0.444 e. The first-order chi connectivity index (χ1) is 20.8. The van der Waals surface area contributed by atoms with Crippen LogP contribution in [0.1, 0.15) is 46.2 Å². The molecule has 0 radical (unpaired) electrons. The lowest BCUT2D eigenvalue weighted by molar-refractivity contribution is -0.141. The molecule has 1 saturated heterocycles. The van der Waals surface area contributed by atoms with Crippen LogP contribution in [0.25, 0.3) is 21.5 Å². The summed E-state index contributed by atoms with van der Waals surface area (Å²) in [4.78, 5) is 42.5. The molecule has 0 bridgehead atoms. The monoisotopic (exact) mass is 629 g/mol. The van der Waals surface area contributed by atoms with E-state index in [0.29, 0.717) is 29.4 Å². The van der Waals surface area contributed by atoms with E-state index in [-0.39, 0.29) is 41.4 Å². The Kier molecular flexibility index (Phi) is 8.59. The maximum atomic E-state index is 13.6. The lowest BCUT2D eigenvalue weighted by Crippen LogP contribution is -2.42. The van der Waals surface area contributed by atoms with Gasteiger partial charge in [-0.05, 0) is 57.9 Å². The van der Waals surface area contributed by atoms with Gasteiger partial charge in [0, 0.05) is 31.6 Å². The summed E-state index contributed by atoms with van der Waals surface area (Å²) in [6.45, 7) is 7.33. The molecular formula is C29H30F3N7O4S. The predicted octanol–water partition coefficient (Wildman–Crippen LogP) is 6.73. The number of ether oxygens (including phenoxy) is 2. The van der Waals surface area contributed by atoms with Crippen molar-refractivity contribution >= 4 is 44.5 Å². The van der Waals surface area contributed by atoms with Crippen LogP contribution in [0.2, 0.25) is 0 Å². The lowest BCUT2D eigenvalue weighted by atomic mass is 10.1. The van der Waals surface area contributed by atoms with Crippen molar-refractivity contribution < 1.29 is 32.2 Å². The number of hydrogen-bond donors (Lipinski definition) is 2. The Hall–Kier alpha value is -4.53. The molecule has 0 spiro atoms. The maximum absolute atomic E-state index is 13.6. The Balaban J connectivity index is 1.41. The number of carbonyl (C=O) groups is 2. The molecule has 4 aromatic rings. The molecule has 1 atom stereocenters. The van der Waals surface area contributed by atoms with E-state index < -0.39 is 23.6 Å². The molecule has 2 N–H and O–H groups in total. The zero-order valence-corrected chi connectivity index (χ0v) is 25.2. The molecule has 15 heteroatoms. The van der Waals surface area contributed by atoms with Crippen molar-refractivity contribution in [3.8, 4) is 22.9 Å². The number of hydrogen-bond acceptors (Lipinski definition) is 10. The number of para-hydroxylation sites is 1. The normalized spacial score (nSPS) is 15.3. The summed E-state index contributed by atoms with van der Waals surface area (Å²) in [5.74, 6) is 0.177. The summed E-state index contributed by atoms with van der Waals surface area (Å²) in [5.41, 5.74) is -0.703. The smallest absolute Gasteiger partial charge is 0.433 e. The molecule has 0 saturated carbocycles. The number of aromatic nitrogens is 4. The number of fused-ring (bicyclic) bond motifs is 1. The minimum absolute atomic E-state index is 0.0536. The van der Waals surface area contributed by atoms with Gasteiger partial charge in [0.2, 0.25) is 11.8 Å². The van der Waals surface area contributed by atoms with Crippen LogP contribution in [0.3, 0.4) is 0 Å². The molecule has 232 valence electrons. The van der Waals surface area contributed by atoms with Gasteiger partial charge in [0.25, 0.3) is 0 Å². The molecule has 44 heavy (non-hydrogen) atoms. The van der Waals surface area contributed by atoms with Crippen LogP contribution < -0.4 is 15.4 Å². The summed E-state index contributed by atoms with van der Waals surface area (Å²) in [7, 11) is 0. The van der Waals surface area contributed by atoms with Gasteiger partial charge in [-0.3, -0.25) is 4.79 Å². The average Bonchev–Trinajstić information content (AvgIpc) is 3.57. The Morgan fingerprint density at radius 1 is 1.11 bits per heavy atom. The number of nitrogens with zero attached hydrogens (tertiary/aromatic N) is 5. The zero-order valence-electron chi connectivity index (χ0n) is 24.4. The van der Waals surface area contributed by atoms with E-state index in [9.17, 15) is 22.8 Å². The van der Waals surface area contributed by atoms with E-state index in [0.717, 1.165) is 17.2 Å². The number of rotatable bonds is 7. The number of benzene rings is 1. The average molecular weight is 630 g/mol. The number of nitrogens with one attached hydrogen (secondary N) is 2. The fourth-order valence-corrected chi connectivity index (χ4v) is 5.58. The van der Waals surface area contributed by atoms with Crippen LogP contribution in [0.5, 0.6) is 11.6 Å². The molecule has 5 rings (SSSR count). The van der Waals surface area contributed by atoms with Crippen LogP contribution in [-0.4, -0.2) is 61.6 Å². The van der Waals surface area contributed by atoms with E-state index in [2.05, 4.69) is 30.6 Å². The van der Waals surface area contributed by atoms with Gasteiger partial charge in [-0.25, -0.2) is 24.7 Å². The number of pyridine rings is 1. The van der Waals surface area contributed by atoms with E-state index in [1.807, 2.05) is 6.07 Å². The molecule has 2 amide bonds. The van der Waals surface area contributed by atoms with Crippen LogP contribution in [0.15, 0.2) is 42.7 Å². The highest BCUT2D eigenvalue weighted by molar-refractivity contribution is 7.22. The fraction of sp³-hybridized carbons (Fsp3) is 0.379. The number of anilines is 2. The molecule has 1 fully saturated rings. The predicted molar refractivity (Wildman–Crippen MR) is 159 cm³/mol. The van der Waals surface area contributed by atoms with Crippen LogP contribution in [-0.2, 0) is 15.7 Å². The number of thiazole rings is 1. The van der Waals surface area contributed by atoms with Crippen LogP contribution in [0.4, 0.5) is 28.9 Å². The first-order valence-corrected chi connectivity index (χ1v) is 14.6. The summed E-state index contributed by atoms with van der Waals surface area (Å²) in [6.07, 6.45) is -2.53. The molecule has 1 aromatic carbocycles. The second kappa shape index (κ2) is 12.2. The molecule has 4 heterocycles. The molecule has 0 aliphatic carbocycles. The van der Waals surface area contributed by atoms with Crippen LogP contribution in [0, 0.1) is 0 Å². The second-order valence-corrected chi connectivity index (χ2v) is 12.1. The van der Waals surface area contributed by atoms with E-state index >= 15 is 0 Å². The minimum Gasteiger partial charge on any atom is -0.444 e. The van der Waals surface area contributed by atoms with Gasteiger partial charge in [-0.2, -0.15) is 13.2 Å². The highest BCUT2D eigenvalue weighted by Gasteiger charge is 2.35. The molecule has 11 nitrogen and oxygen atoms in total. The summed E-state index contributed by atoms with van der Waals surface area (Å²) in [6, 6.07) is 8.62. The Bertz CT molecular complexity index is 1690. The van der Waals surface area contributed by atoms with Crippen molar-refractivity contribution in [3.63, 3.8) is 0 Å². The molecule has 3 aromatic heterocycles. The number of likely N-dealkylation sites (tertiary alicyclic amines) is 1. The number of amides is 2. The third-order valence-electron chi connectivity index (χ3n) is 6.49. The first-order valence-electron chi connectivity index (χ1n) is 13.8. The number of carbonyl (C=O) groups excluding carboxylic acids is 2. The Labute approximate surface area is 254 Å². The van der Waals surface area contributed by atoms with Gasteiger partial charge in [-0.1, -0.05) is 17.4 Å². The van der Waals surface area contributed by atoms with Crippen molar-refractivity contribution in [3.05, 3.63) is 48.4 Å². The highest BCUT2D eigenvalue weighted by atomic mass is 32.1. The van der Waals surface area contributed by atoms with E-state index in [1.54, 1.807) is 37.8 Å². The van der Waals surface area contributed by atoms with Gasteiger partial charge in [0.15, 0.2) is 10.9 Å². The minimum atomic E-state index is -4.67.